The van der Waals surface area contributed by atoms with E-state index in [4.69, 9.17) is 7.59 Å². The van der Waals surface area contributed by atoms with Gasteiger partial charge in [-0.05, 0) is 0 Å². The standard InChI is InChI=1S/C5H8O.C2H4O2.In/c1-3-4-5-6-2;1-2(3)4;/h3-5H,1H2,2H3;1H3,(H,3,4);/q;;+1/p-1. The van der Waals surface area contributed by atoms with Crippen molar-refractivity contribution in [1.82, 2.24) is 0 Å². The molecule has 0 saturated carbocycles. The molecule has 0 amide bonds. The Labute approximate surface area is 74.5 Å². The first-order valence-electron chi connectivity index (χ1n) is 3.60. The molecular formula is C7H11InO3. The van der Waals surface area contributed by atoms with Crippen molar-refractivity contribution in [2.75, 3.05) is 7.11 Å². The zero-order chi connectivity index (χ0) is 8.27. The first-order valence-corrected chi connectivity index (χ1v) is 9.18. The second-order valence-corrected chi connectivity index (χ2v) is 9.48. The van der Waals surface area contributed by atoms with Gasteiger partial charge in [-0.3, -0.25) is 0 Å². The molecule has 0 radical (unpaired) electrons. The van der Waals surface area contributed by atoms with Crippen LogP contribution in [-0.2, 0) is 12.4 Å². The summed E-state index contributed by atoms with van der Waals surface area (Å²) >= 11 is -2.11. The Kier molecular flexibility index (Phi) is 3.46. The SMILES string of the molecule is CO[CH]1C=C[CH2][In]1[O]C(C)=O. The first-order chi connectivity index (χ1) is 5.24. The Morgan fingerprint density at radius 2 is 2.45 bits per heavy atom. The molecule has 3 nitrogen and oxygen atoms in total. The number of ether oxygens (including phenoxy) is 1. The number of carbonyl (C=O) groups is 1. The second kappa shape index (κ2) is 4.16. The van der Waals surface area contributed by atoms with Gasteiger partial charge in [0.25, 0.3) is 0 Å². The summed E-state index contributed by atoms with van der Waals surface area (Å²) in [6.07, 6.45) is 4.06. The molecule has 60 valence electrons. The minimum atomic E-state index is -2.11. The first kappa shape index (κ1) is 9.13. The van der Waals surface area contributed by atoms with E-state index in [1.165, 1.54) is 6.92 Å². The van der Waals surface area contributed by atoms with Gasteiger partial charge in [-0.2, -0.15) is 0 Å². The van der Waals surface area contributed by atoms with Crippen molar-refractivity contribution in [2.45, 2.75) is 15.0 Å². The second-order valence-electron chi connectivity index (χ2n) is 2.51. The van der Waals surface area contributed by atoms with Gasteiger partial charge in [-0.15, -0.1) is 0 Å². The van der Waals surface area contributed by atoms with Gasteiger partial charge in [0.2, 0.25) is 0 Å². The summed E-state index contributed by atoms with van der Waals surface area (Å²) in [4.78, 5) is 10.6. The van der Waals surface area contributed by atoms with E-state index in [0.29, 0.717) is 0 Å². The Hall–Kier alpha value is 0.0401. The zero-order valence-electron chi connectivity index (χ0n) is 6.74. The molecular weight excluding hydrogens is 247 g/mol. The van der Waals surface area contributed by atoms with E-state index in [-0.39, 0.29) is 9.83 Å². The van der Waals surface area contributed by atoms with Crippen molar-refractivity contribution in [3.8, 4) is 0 Å². The Balaban J connectivity index is 2.41. The van der Waals surface area contributed by atoms with E-state index >= 15 is 0 Å². The van der Waals surface area contributed by atoms with Crippen molar-refractivity contribution in [2.24, 2.45) is 0 Å². The summed E-state index contributed by atoms with van der Waals surface area (Å²) in [5.74, 6) is -0.156. The van der Waals surface area contributed by atoms with Crippen LogP contribution in [0.5, 0.6) is 0 Å². The van der Waals surface area contributed by atoms with E-state index in [2.05, 4.69) is 6.08 Å². The van der Waals surface area contributed by atoms with Crippen LogP contribution in [0, 0.1) is 0 Å². The third-order valence-electron chi connectivity index (χ3n) is 1.65. The van der Waals surface area contributed by atoms with Crippen molar-refractivity contribution in [3.63, 3.8) is 0 Å². The van der Waals surface area contributed by atoms with Crippen LogP contribution in [0.3, 0.4) is 0 Å². The molecule has 1 atom stereocenters. The number of carbonyl (C=O) groups excluding carboxylic acids is 1. The molecule has 1 aliphatic rings. The van der Waals surface area contributed by atoms with E-state index in [1.807, 2.05) is 6.08 Å². The Bertz CT molecular complexity index is 179. The summed E-state index contributed by atoms with van der Waals surface area (Å²) in [6.45, 7) is 1.46. The molecule has 0 fully saturated rings. The van der Waals surface area contributed by atoms with Gasteiger partial charge in [-0.25, -0.2) is 0 Å². The van der Waals surface area contributed by atoms with Crippen LogP contribution in [0.15, 0.2) is 12.2 Å². The van der Waals surface area contributed by atoms with Gasteiger partial charge in [0.05, 0.1) is 0 Å². The molecule has 1 rings (SSSR count). The number of allylic oxidation sites excluding steroid dienone is 1. The van der Waals surface area contributed by atoms with E-state index in [1.54, 1.807) is 7.11 Å². The third-order valence-corrected chi connectivity index (χ3v) is 9.07. The predicted molar refractivity (Wildman–Crippen MR) is 42.3 cm³/mol. The van der Waals surface area contributed by atoms with Gasteiger partial charge in [0, 0.05) is 0 Å². The van der Waals surface area contributed by atoms with Crippen LogP contribution in [0.25, 0.3) is 0 Å². The number of rotatable bonds is 2. The predicted octanol–water partition coefficient (Wildman–Crippen LogP) is 0.665. The molecule has 0 aliphatic carbocycles. The number of methoxy groups -OCH3 is 1. The molecule has 0 saturated heterocycles. The van der Waals surface area contributed by atoms with Gasteiger partial charge >= 0.3 is 74.5 Å². The average Bonchev–Trinajstić information content (AvgIpc) is 2.34. The summed E-state index contributed by atoms with van der Waals surface area (Å²) in [5, 5.41) is 0. The summed E-state index contributed by atoms with van der Waals surface area (Å²) < 4.78 is 11.5. The van der Waals surface area contributed by atoms with Crippen molar-refractivity contribution in [3.05, 3.63) is 12.2 Å². The van der Waals surface area contributed by atoms with Crippen LogP contribution in [0.2, 0.25) is 4.18 Å². The fraction of sp³-hybridized carbons (Fsp3) is 0.571. The molecule has 0 spiro atoms. The molecule has 1 heterocycles. The van der Waals surface area contributed by atoms with Crippen LogP contribution in [-0.4, -0.2) is 38.8 Å². The number of hydrogen-bond donors (Lipinski definition) is 0. The van der Waals surface area contributed by atoms with E-state index in [9.17, 15) is 4.79 Å². The molecule has 0 aromatic carbocycles. The van der Waals surface area contributed by atoms with Gasteiger partial charge in [-0.1, -0.05) is 0 Å². The maximum absolute atomic E-state index is 10.6. The molecule has 1 aliphatic heterocycles. The van der Waals surface area contributed by atoms with Crippen LogP contribution < -0.4 is 0 Å². The van der Waals surface area contributed by atoms with Crippen molar-refractivity contribution >= 4 is 27.8 Å². The Morgan fingerprint density at radius 3 is 3.00 bits per heavy atom. The minimum absolute atomic E-state index is 0.153. The maximum atomic E-state index is 10.6. The molecule has 1 unspecified atom stereocenters. The van der Waals surface area contributed by atoms with Gasteiger partial charge in [0.15, 0.2) is 0 Å². The molecule has 0 aromatic rings. The van der Waals surface area contributed by atoms with Crippen LogP contribution in [0.1, 0.15) is 6.92 Å². The van der Waals surface area contributed by atoms with Crippen LogP contribution >= 0.6 is 0 Å². The van der Waals surface area contributed by atoms with Crippen molar-refractivity contribution in [1.29, 1.82) is 0 Å². The molecule has 11 heavy (non-hydrogen) atoms. The fourth-order valence-corrected chi connectivity index (χ4v) is 7.04. The number of hydrogen-bond acceptors (Lipinski definition) is 3. The topological polar surface area (TPSA) is 35.5 Å². The van der Waals surface area contributed by atoms with Gasteiger partial charge < -0.3 is 0 Å². The average molecular weight is 258 g/mol. The molecule has 0 aromatic heterocycles. The van der Waals surface area contributed by atoms with Gasteiger partial charge in [0.1, 0.15) is 0 Å². The summed E-state index contributed by atoms with van der Waals surface area (Å²) in [7, 11) is 1.66. The Morgan fingerprint density at radius 1 is 1.73 bits per heavy atom. The summed E-state index contributed by atoms with van der Waals surface area (Å²) in [6, 6.07) is 0. The fourth-order valence-electron chi connectivity index (χ4n) is 1.16. The molecule has 0 N–H and O–H groups in total. The summed E-state index contributed by atoms with van der Waals surface area (Å²) in [5.41, 5.74) is 0. The zero-order valence-corrected chi connectivity index (χ0v) is 10.0. The normalized spacial score (nSPS) is 22.4. The molecule has 0 bridgehead atoms. The monoisotopic (exact) mass is 258 g/mol. The van der Waals surface area contributed by atoms with E-state index < -0.39 is 21.9 Å². The van der Waals surface area contributed by atoms with E-state index in [0.717, 1.165) is 4.18 Å². The van der Waals surface area contributed by atoms with Crippen LogP contribution in [0.4, 0.5) is 0 Å². The van der Waals surface area contributed by atoms with Crippen molar-refractivity contribution < 1.29 is 12.4 Å². The quantitative estimate of drug-likeness (QED) is 0.683. The third kappa shape index (κ3) is 2.52. The molecule has 4 heteroatoms.